The average Bonchev–Trinajstić information content (AvgIpc) is 2.61. The second-order valence-electron chi connectivity index (χ2n) is 3.69. The zero-order valence-corrected chi connectivity index (χ0v) is 10.7. The Hall–Kier alpha value is -1.13. The number of hydrogen-bond donors (Lipinski definition) is 1. The molecule has 0 radical (unpaired) electrons. The van der Waals surface area contributed by atoms with Gasteiger partial charge in [0.2, 0.25) is 0 Å². The number of nitrogens with zero attached hydrogens (tertiary/aromatic N) is 2. The summed E-state index contributed by atoms with van der Waals surface area (Å²) in [6.07, 6.45) is 2.85. The molecule has 2 rings (SSSR count). The van der Waals surface area contributed by atoms with Crippen LogP contribution in [0.2, 0.25) is 0 Å². The van der Waals surface area contributed by atoms with Crippen molar-refractivity contribution in [3.63, 3.8) is 0 Å². The first-order chi connectivity index (χ1) is 7.72. The minimum Gasteiger partial charge on any atom is -0.334 e. The van der Waals surface area contributed by atoms with Gasteiger partial charge in [0.05, 0.1) is 5.69 Å². The Morgan fingerprint density at radius 3 is 2.81 bits per heavy atom. The van der Waals surface area contributed by atoms with Crippen molar-refractivity contribution in [1.82, 2.24) is 9.55 Å². The van der Waals surface area contributed by atoms with E-state index in [2.05, 4.69) is 27.0 Å². The van der Waals surface area contributed by atoms with Gasteiger partial charge in [-0.05, 0) is 12.6 Å². The standard InChI is InChI=1S/C12H14BrN3/c1-16-8-9(6-7-14)15-12(16)10-4-2-3-5-11(10)13/h2-5,8H,6-7,14H2,1H3. The smallest absolute Gasteiger partial charge is 0.141 e. The summed E-state index contributed by atoms with van der Waals surface area (Å²) in [5.41, 5.74) is 7.67. The van der Waals surface area contributed by atoms with Gasteiger partial charge in [-0.15, -0.1) is 0 Å². The number of nitrogens with two attached hydrogens (primary N) is 1. The van der Waals surface area contributed by atoms with Crippen LogP contribution in [0.1, 0.15) is 5.69 Å². The Morgan fingerprint density at radius 1 is 1.38 bits per heavy atom. The molecule has 0 atom stereocenters. The summed E-state index contributed by atoms with van der Waals surface area (Å²) in [4.78, 5) is 4.58. The number of aryl methyl sites for hydroxylation is 1. The lowest BCUT2D eigenvalue weighted by atomic mass is 10.2. The highest BCUT2D eigenvalue weighted by molar-refractivity contribution is 9.10. The Bertz CT molecular complexity index is 491. The Labute approximate surface area is 103 Å². The van der Waals surface area contributed by atoms with Crippen LogP contribution in [0.15, 0.2) is 34.9 Å². The number of rotatable bonds is 3. The van der Waals surface area contributed by atoms with Gasteiger partial charge in [0, 0.05) is 29.7 Å². The predicted molar refractivity (Wildman–Crippen MR) is 69.1 cm³/mol. The number of aromatic nitrogens is 2. The van der Waals surface area contributed by atoms with Gasteiger partial charge in [-0.1, -0.05) is 34.1 Å². The third kappa shape index (κ3) is 2.18. The number of imidazole rings is 1. The second-order valence-corrected chi connectivity index (χ2v) is 4.54. The molecule has 84 valence electrons. The van der Waals surface area contributed by atoms with Crippen molar-refractivity contribution in [3.05, 3.63) is 40.6 Å². The summed E-state index contributed by atoms with van der Waals surface area (Å²) in [5.74, 6) is 0.968. The highest BCUT2D eigenvalue weighted by Crippen LogP contribution is 2.26. The van der Waals surface area contributed by atoms with Gasteiger partial charge < -0.3 is 10.3 Å². The Morgan fingerprint density at radius 2 is 2.12 bits per heavy atom. The van der Waals surface area contributed by atoms with E-state index in [-0.39, 0.29) is 0 Å². The van der Waals surface area contributed by atoms with E-state index in [0.29, 0.717) is 6.54 Å². The highest BCUT2D eigenvalue weighted by Gasteiger charge is 2.09. The molecule has 0 fully saturated rings. The molecular formula is C12H14BrN3. The predicted octanol–water partition coefficient (Wildman–Crippen LogP) is 2.35. The normalized spacial score (nSPS) is 10.7. The minimum atomic E-state index is 0.631. The molecule has 4 heteroatoms. The molecule has 1 aromatic carbocycles. The van der Waals surface area contributed by atoms with Crippen molar-refractivity contribution in [2.75, 3.05) is 6.54 Å². The number of benzene rings is 1. The van der Waals surface area contributed by atoms with E-state index < -0.39 is 0 Å². The first-order valence-corrected chi connectivity index (χ1v) is 5.99. The molecule has 0 saturated heterocycles. The lowest BCUT2D eigenvalue weighted by Crippen LogP contribution is -2.02. The summed E-state index contributed by atoms with van der Waals surface area (Å²) in [7, 11) is 2.00. The maximum absolute atomic E-state index is 5.53. The van der Waals surface area contributed by atoms with Crippen LogP contribution >= 0.6 is 15.9 Å². The van der Waals surface area contributed by atoms with E-state index in [0.717, 1.165) is 28.0 Å². The maximum atomic E-state index is 5.53. The zero-order valence-electron chi connectivity index (χ0n) is 9.15. The SMILES string of the molecule is Cn1cc(CCN)nc1-c1ccccc1Br. The summed E-state index contributed by atoms with van der Waals surface area (Å²) >= 11 is 3.54. The average molecular weight is 280 g/mol. The van der Waals surface area contributed by atoms with Gasteiger partial charge in [0.1, 0.15) is 5.82 Å². The van der Waals surface area contributed by atoms with Gasteiger partial charge in [-0.2, -0.15) is 0 Å². The fraction of sp³-hybridized carbons (Fsp3) is 0.250. The molecule has 0 spiro atoms. The minimum absolute atomic E-state index is 0.631. The van der Waals surface area contributed by atoms with Crippen LogP contribution in [0.3, 0.4) is 0 Å². The second kappa shape index (κ2) is 4.80. The number of halogens is 1. The molecule has 0 amide bonds. The molecule has 0 aliphatic heterocycles. The van der Waals surface area contributed by atoms with Crippen molar-refractivity contribution in [3.8, 4) is 11.4 Å². The van der Waals surface area contributed by atoms with Gasteiger partial charge >= 0.3 is 0 Å². The van der Waals surface area contributed by atoms with Crippen molar-refractivity contribution in [1.29, 1.82) is 0 Å². The first-order valence-electron chi connectivity index (χ1n) is 5.19. The highest BCUT2D eigenvalue weighted by atomic mass is 79.9. The van der Waals surface area contributed by atoms with E-state index in [9.17, 15) is 0 Å². The molecule has 0 saturated carbocycles. The third-order valence-electron chi connectivity index (χ3n) is 2.44. The van der Waals surface area contributed by atoms with Crippen LogP contribution in [0, 0.1) is 0 Å². The van der Waals surface area contributed by atoms with Gasteiger partial charge in [-0.25, -0.2) is 4.98 Å². The molecular weight excluding hydrogens is 266 g/mol. The molecule has 3 nitrogen and oxygen atoms in total. The molecule has 0 aliphatic rings. The van der Waals surface area contributed by atoms with Crippen LogP contribution in [0.25, 0.3) is 11.4 Å². The maximum Gasteiger partial charge on any atom is 0.141 e. The quantitative estimate of drug-likeness (QED) is 0.938. The lowest BCUT2D eigenvalue weighted by molar-refractivity contribution is 0.912. The summed E-state index contributed by atoms with van der Waals surface area (Å²) < 4.78 is 3.09. The monoisotopic (exact) mass is 279 g/mol. The van der Waals surface area contributed by atoms with Crippen LogP contribution in [-0.4, -0.2) is 16.1 Å². The van der Waals surface area contributed by atoms with Crippen LogP contribution in [0.5, 0.6) is 0 Å². The molecule has 0 unspecified atom stereocenters. The first kappa shape index (κ1) is 11.4. The van der Waals surface area contributed by atoms with Gasteiger partial charge in [0.25, 0.3) is 0 Å². The summed E-state index contributed by atoms with van der Waals surface area (Å²) in [6.45, 7) is 0.631. The molecule has 1 aromatic heterocycles. The van der Waals surface area contributed by atoms with E-state index >= 15 is 0 Å². The fourth-order valence-corrected chi connectivity index (χ4v) is 2.15. The van der Waals surface area contributed by atoms with Crippen molar-refractivity contribution < 1.29 is 0 Å². The van der Waals surface area contributed by atoms with E-state index in [4.69, 9.17) is 5.73 Å². The number of hydrogen-bond acceptors (Lipinski definition) is 2. The largest absolute Gasteiger partial charge is 0.334 e. The third-order valence-corrected chi connectivity index (χ3v) is 3.13. The van der Waals surface area contributed by atoms with Crippen molar-refractivity contribution in [2.24, 2.45) is 12.8 Å². The van der Waals surface area contributed by atoms with Crippen LogP contribution in [0.4, 0.5) is 0 Å². The summed E-state index contributed by atoms with van der Waals surface area (Å²) in [6, 6.07) is 8.08. The van der Waals surface area contributed by atoms with E-state index in [1.165, 1.54) is 0 Å². The van der Waals surface area contributed by atoms with Crippen molar-refractivity contribution in [2.45, 2.75) is 6.42 Å². The van der Waals surface area contributed by atoms with Crippen LogP contribution in [-0.2, 0) is 13.5 Å². The zero-order chi connectivity index (χ0) is 11.5. The van der Waals surface area contributed by atoms with Crippen LogP contribution < -0.4 is 5.73 Å². The lowest BCUT2D eigenvalue weighted by Gasteiger charge is -2.03. The van der Waals surface area contributed by atoms with E-state index in [1.54, 1.807) is 0 Å². The van der Waals surface area contributed by atoms with E-state index in [1.807, 2.05) is 36.0 Å². The molecule has 16 heavy (non-hydrogen) atoms. The van der Waals surface area contributed by atoms with Gasteiger partial charge in [0.15, 0.2) is 0 Å². The molecule has 2 N–H and O–H groups in total. The Kier molecular flexibility index (Phi) is 3.41. The molecule has 0 aliphatic carbocycles. The van der Waals surface area contributed by atoms with Crippen molar-refractivity contribution >= 4 is 15.9 Å². The molecule has 0 bridgehead atoms. The van der Waals surface area contributed by atoms with Gasteiger partial charge in [-0.3, -0.25) is 0 Å². The Balaban J connectivity index is 2.44. The molecule has 1 heterocycles. The topological polar surface area (TPSA) is 43.8 Å². The molecule has 2 aromatic rings. The fourth-order valence-electron chi connectivity index (χ4n) is 1.69. The summed E-state index contributed by atoms with van der Waals surface area (Å²) in [5, 5.41) is 0.